The number of rotatable bonds is 6. The Balaban J connectivity index is 2.49. The van der Waals surface area contributed by atoms with E-state index in [-0.39, 0.29) is 11.9 Å². The lowest BCUT2D eigenvalue weighted by atomic mass is 10.0. The number of benzene rings is 1. The van der Waals surface area contributed by atoms with Crippen LogP contribution in [0.5, 0.6) is 11.5 Å². The molecular formula is C16H21N3O3. The van der Waals surface area contributed by atoms with E-state index in [4.69, 9.17) is 9.47 Å². The van der Waals surface area contributed by atoms with E-state index in [2.05, 4.69) is 10.3 Å². The number of carbonyl (C=O) groups excluding carboxylic acids is 1. The average Bonchev–Trinajstić information content (AvgIpc) is 2.97. The second-order valence-electron chi connectivity index (χ2n) is 4.90. The Morgan fingerprint density at radius 2 is 1.91 bits per heavy atom. The molecule has 0 bridgehead atoms. The Hall–Kier alpha value is -2.50. The van der Waals surface area contributed by atoms with E-state index in [1.165, 1.54) is 0 Å². The van der Waals surface area contributed by atoms with Crippen LogP contribution in [-0.2, 0) is 11.8 Å². The van der Waals surface area contributed by atoms with Crippen LogP contribution in [0.2, 0.25) is 0 Å². The zero-order chi connectivity index (χ0) is 16.1. The van der Waals surface area contributed by atoms with Gasteiger partial charge < -0.3 is 19.4 Å². The fourth-order valence-electron chi connectivity index (χ4n) is 2.21. The van der Waals surface area contributed by atoms with Crippen molar-refractivity contribution in [2.45, 2.75) is 19.4 Å². The minimum atomic E-state index is -0.364. The molecule has 1 amide bonds. The van der Waals surface area contributed by atoms with Gasteiger partial charge in [0, 0.05) is 31.9 Å². The van der Waals surface area contributed by atoms with E-state index >= 15 is 0 Å². The second-order valence-corrected chi connectivity index (χ2v) is 4.90. The van der Waals surface area contributed by atoms with Gasteiger partial charge in [0.1, 0.15) is 23.4 Å². The van der Waals surface area contributed by atoms with Crippen LogP contribution in [0.4, 0.5) is 0 Å². The molecule has 0 fully saturated rings. The van der Waals surface area contributed by atoms with Crippen LogP contribution in [-0.4, -0.2) is 29.7 Å². The van der Waals surface area contributed by atoms with Crippen LogP contribution < -0.4 is 14.8 Å². The topological polar surface area (TPSA) is 65.4 Å². The number of imidazole rings is 1. The summed E-state index contributed by atoms with van der Waals surface area (Å²) in [5.74, 6) is 2.03. The highest BCUT2D eigenvalue weighted by Gasteiger charge is 2.21. The number of amides is 1. The van der Waals surface area contributed by atoms with Gasteiger partial charge in [-0.05, 0) is 17.7 Å². The molecule has 1 N–H and O–H groups in total. The molecule has 1 aromatic carbocycles. The van der Waals surface area contributed by atoms with Crippen LogP contribution in [0.3, 0.4) is 0 Å². The molecule has 0 saturated heterocycles. The third-order valence-electron chi connectivity index (χ3n) is 3.45. The first-order valence-electron chi connectivity index (χ1n) is 7.08. The van der Waals surface area contributed by atoms with Gasteiger partial charge in [0.05, 0.1) is 14.2 Å². The summed E-state index contributed by atoms with van der Waals surface area (Å²) in [4.78, 5) is 16.3. The zero-order valence-corrected chi connectivity index (χ0v) is 13.3. The molecule has 6 heteroatoms. The first-order valence-corrected chi connectivity index (χ1v) is 7.08. The van der Waals surface area contributed by atoms with Crippen LogP contribution in [0.25, 0.3) is 0 Å². The highest BCUT2D eigenvalue weighted by Crippen LogP contribution is 2.29. The van der Waals surface area contributed by atoms with E-state index in [0.29, 0.717) is 17.9 Å². The van der Waals surface area contributed by atoms with Crippen molar-refractivity contribution >= 4 is 5.91 Å². The predicted octanol–water partition coefficient (Wildman–Crippen LogP) is 2.05. The van der Waals surface area contributed by atoms with Gasteiger partial charge in [-0.2, -0.15) is 0 Å². The van der Waals surface area contributed by atoms with Crippen molar-refractivity contribution in [1.29, 1.82) is 0 Å². The highest BCUT2D eigenvalue weighted by molar-refractivity contribution is 5.76. The van der Waals surface area contributed by atoms with E-state index in [1.807, 2.05) is 36.9 Å². The summed E-state index contributed by atoms with van der Waals surface area (Å²) in [5, 5.41) is 3.00. The van der Waals surface area contributed by atoms with Crippen LogP contribution in [0, 0.1) is 0 Å². The molecule has 2 rings (SSSR count). The molecule has 2 aromatic rings. The molecule has 0 aliphatic carbocycles. The summed E-state index contributed by atoms with van der Waals surface area (Å²) >= 11 is 0. The predicted molar refractivity (Wildman–Crippen MR) is 83.0 cm³/mol. The largest absolute Gasteiger partial charge is 0.497 e. The van der Waals surface area contributed by atoms with E-state index in [0.717, 1.165) is 11.4 Å². The number of carbonyl (C=O) groups is 1. The van der Waals surface area contributed by atoms with Gasteiger partial charge in [-0.1, -0.05) is 6.92 Å². The summed E-state index contributed by atoms with van der Waals surface area (Å²) in [6, 6.07) is 5.17. The number of hydrogen-bond donors (Lipinski definition) is 1. The second kappa shape index (κ2) is 6.98. The SMILES string of the molecule is CCC(=O)NC(c1cc(OC)cc(OC)c1)c1nccn1C. The quantitative estimate of drug-likeness (QED) is 0.887. The number of ether oxygens (including phenoxy) is 2. The zero-order valence-electron chi connectivity index (χ0n) is 13.3. The van der Waals surface area contributed by atoms with E-state index < -0.39 is 0 Å². The Morgan fingerprint density at radius 1 is 1.27 bits per heavy atom. The molecule has 1 atom stereocenters. The average molecular weight is 303 g/mol. The molecule has 0 spiro atoms. The van der Waals surface area contributed by atoms with E-state index in [1.54, 1.807) is 26.5 Å². The molecule has 118 valence electrons. The Kier molecular flexibility index (Phi) is 5.04. The van der Waals surface area contributed by atoms with Gasteiger partial charge in [0.2, 0.25) is 5.91 Å². The van der Waals surface area contributed by atoms with Crippen molar-refractivity contribution in [1.82, 2.24) is 14.9 Å². The maximum atomic E-state index is 11.9. The third kappa shape index (κ3) is 3.39. The lowest BCUT2D eigenvalue weighted by molar-refractivity contribution is -0.121. The Labute approximate surface area is 130 Å². The lowest BCUT2D eigenvalue weighted by Gasteiger charge is -2.20. The Bertz CT molecular complexity index is 630. The van der Waals surface area contributed by atoms with Crippen molar-refractivity contribution in [3.63, 3.8) is 0 Å². The Morgan fingerprint density at radius 3 is 2.36 bits per heavy atom. The minimum Gasteiger partial charge on any atom is -0.497 e. The number of aromatic nitrogens is 2. The summed E-state index contributed by atoms with van der Waals surface area (Å²) in [5.41, 5.74) is 0.854. The first-order chi connectivity index (χ1) is 10.6. The fraction of sp³-hybridized carbons (Fsp3) is 0.375. The monoisotopic (exact) mass is 303 g/mol. The molecule has 6 nitrogen and oxygen atoms in total. The van der Waals surface area contributed by atoms with Crippen molar-refractivity contribution < 1.29 is 14.3 Å². The maximum Gasteiger partial charge on any atom is 0.220 e. The highest BCUT2D eigenvalue weighted by atomic mass is 16.5. The van der Waals surface area contributed by atoms with E-state index in [9.17, 15) is 4.79 Å². The lowest BCUT2D eigenvalue weighted by Crippen LogP contribution is -2.30. The van der Waals surface area contributed by atoms with Crippen molar-refractivity contribution in [2.24, 2.45) is 7.05 Å². The first kappa shape index (κ1) is 15.9. The normalized spacial score (nSPS) is 11.8. The minimum absolute atomic E-state index is 0.0465. The molecule has 22 heavy (non-hydrogen) atoms. The summed E-state index contributed by atoms with van der Waals surface area (Å²) in [6.07, 6.45) is 3.96. The van der Waals surface area contributed by atoms with Crippen LogP contribution in [0.1, 0.15) is 30.8 Å². The number of nitrogens with zero attached hydrogens (tertiary/aromatic N) is 2. The van der Waals surface area contributed by atoms with Gasteiger partial charge >= 0.3 is 0 Å². The molecule has 0 aliphatic heterocycles. The molecule has 0 saturated carbocycles. The summed E-state index contributed by atoms with van der Waals surface area (Å²) < 4.78 is 12.5. The number of nitrogens with one attached hydrogen (secondary N) is 1. The van der Waals surface area contributed by atoms with Gasteiger partial charge in [-0.25, -0.2) is 4.98 Å². The molecule has 1 heterocycles. The molecule has 0 aliphatic rings. The standard InChI is InChI=1S/C16H21N3O3/c1-5-14(20)18-15(16-17-6-7-19(16)2)11-8-12(21-3)10-13(9-11)22-4/h6-10,15H,5H2,1-4H3,(H,18,20). The fourth-order valence-corrected chi connectivity index (χ4v) is 2.21. The summed E-state index contributed by atoms with van der Waals surface area (Å²) in [6.45, 7) is 1.82. The summed E-state index contributed by atoms with van der Waals surface area (Å²) in [7, 11) is 5.09. The van der Waals surface area contributed by atoms with Crippen LogP contribution >= 0.6 is 0 Å². The number of methoxy groups -OCH3 is 2. The molecular weight excluding hydrogens is 282 g/mol. The van der Waals surface area contributed by atoms with Gasteiger partial charge in [0.15, 0.2) is 0 Å². The van der Waals surface area contributed by atoms with Gasteiger partial charge in [-0.3, -0.25) is 4.79 Å². The third-order valence-corrected chi connectivity index (χ3v) is 3.45. The molecule has 1 unspecified atom stereocenters. The smallest absolute Gasteiger partial charge is 0.220 e. The van der Waals surface area contributed by atoms with Crippen LogP contribution in [0.15, 0.2) is 30.6 Å². The van der Waals surface area contributed by atoms with Crippen molar-refractivity contribution in [2.75, 3.05) is 14.2 Å². The number of aryl methyl sites for hydroxylation is 1. The molecule has 1 aromatic heterocycles. The molecule has 0 radical (unpaired) electrons. The van der Waals surface area contributed by atoms with Crippen molar-refractivity contribution in [3.8, 4) is 11.5 Å². The van der Waals surface area contributed by atoms with Gasteiger partial charge in [-0.15, -0.1) is 0 Å². The van der Waals surface area contributed by atoms with Crippen molar-refractivity contribution in [3.05, 3.63) is 42.0 Å². The number of hydrogen-bond acceptors (Lipinski definition) is 4. The van der Waals surface area contributed by atoms with Gasteiger partial charge in [0.25, 0.3) is 0 Å². The maximum absolute atomic E-state index is 11.9.